The number of anilines is 2. The van der Waals surface area contributed by atoms with Crippen LogP contribution in [-0.4, -0.2) is 35.0 Å². The molecule has 0 radical (unpaired) electrons. The first-order chi connectivity index (χ1) is 9.52. The minimum atomic E-state index is 0.00186. The van der Waals surface area contributed by atoms with Gasteiger partial charge in [-0.3, -0.25) is 4.79 Å². The molecule has 0 aliphatic heterocycles. The van der Waals surface area contributed by atoms with Gasteiger partial charge in [-0.2, -0.15) is 4.98 Å². The van der Waals surface area contributed by atoms with Crippen LogP contribution >= 0.6 is 11.6 Å². The van der Waals surface area contributed by atoms with E-state index in [1.807, 2.05) is 13.8 Å². The van der Waals surface area contributed by atoms with Gasteiger partial charge in [0.05, 0.1) is 6.20 Å². The third-order valence-corrected chi connectivity index (χ3v) is 2.65. The van der Waals surface area contributed by atoms with Gasteiger partial charge in [0.15, 0.2) is 0 Å². The Hall–Kier alpha value is -1.56. The zero-order valence-corrected chi connectivity index (χ0v) is 12.9. The van der Waals surface area contributed by atoms with Gasteiger partial charge < -0.3 is 16.0 Å². The van der Waals surface area contributed by atoms with Crippen molar-refractivity contribution in [3.05, 3.63) is 11.2 Å². The van der Waals surface area contributed by atoms with Crippen molar-refractivity contribution in [2.45, 2.75) is 39.7 Å². The molecule has 0 unspecified atom stereocenters. The molecule has 0 bridgehead atoms. The smallest absolute Gasteiger partial charge is 0.224 e. The molecule has 0 aliphatic carbocycles. The van der Waals surface area contributed by atoms with E-state index in [2.05, 4.69) is 32.8 Å². The summed E-state index contributed by atoms with van der Waals surface area (Å²) < 4.78 is 0. The fraction of sp³-hybridized carbons (Fsp3) is 0.615. The van der Waals surface area contributed by atoms with Gasteiger partial charge in [-0.05, 0) is 20.3 Å². The quantitative estimate of drug-likeness (QED) is 0.686. The fourth-order valence-corrected chi connectivity index (χ4v) is 1.66. The predicted octanol–water partition coefficient (Wildman–Crippen LogP) is 2.28. The molecule has 3 N–H and O–H groups in total. The van der Waals surface area contributed by atoms with Crippen LogP contribution < -0.4 is 16.0 Å². The molecular weight excluding hydrogens is 278 g/mol. The molecule has 0 atom stereocenters. The molecule has 0 saturated carbocycles. The molecule has 20 heavy (non-hydrogen) atoms. The molecule has 7 heteroatoms. The Kier molecular flexibility index (Phi) is 7.08. The van der Waals surface area contributed by atoms with Gasteiger partial charge >= 0.3 is 0 Å². The molecule has 6 nitrogen and oxygen atoms in total. The number of nitrogens with zero attached hydrogens (tertiary/aromatic N) is 2. The average Bonchev–Trinajstić information content (AvgIpc) is 2.38. The van der Waals surface area contributed by atoms with Gasteiger partial charge in [0.25, 0.3) is 0 Å². The zero-order chi connectivity index (χ0) is 15.0. The summed E-state index contributed by atoms with van der Waals surface area (Å²) in [6.07, 6.45) is 2.91. The summed E-state index contributed by atoms with van der Waals surface area (Å²) in [5.41, 5.74) is 0. The van der Waals surface area contributed by atoms with E-state index >= 15 is 0 Å². The lowest BCUT2D eigenvalue weighted by molar-refractivity contribution is -0.121. The maximum absolute atomic E-state index is 11.5. The summed E-state index contributed by atoms with van der Waals surface area (Å²) in [4.78, 5) is 19.9. The Morgan fingerprint density at radius 1 is 1.35 bits per heavy atom. The van der Waals surface area contributed by atoms with E-state index in [1.54, 1.807) is 6.20 Å². The molecule has 0 aromatic carbocycles. The van der Waals surface area contributed by atoms with Gasteiger partial charge in [0, 0.05) is 25.6 Å². The maximum Gasteiger partial charge on any atom is 0.224 e. The van der Waals surface area contributed by atoms with Crippen LogP contribution in [0.15, 0.2) is 6.20 Å². The normalized spacial score (nSPS) is 10.4. The van der Waals surface area contributed by atoms with Crippen molar-refractivity contribution in [1.82, 2.24) is 15.3 Å². The molecular formula is C13H22ClN5O. The van der Waals surface area contributed by atoms with E-state index in [1.165, 1.54) is 0 Å². The molecule has 0 spiro atoms. The summed E-state index contributed by atoms with van der Waals surface area (Å²) in [7, 11) is 0. The van der Waals surface area contributed by atoms with Crippen molar-refractivity contribution >= 4 is 29.3 Å². The summed E-state index contributed by atoms with van der Waals surface area (Å²) >= 11 is 6.01. The lowest BCUT2D eigenvalue weighted by Crippen LogP contribution is -2.31. The number of rotatable bonds is 8. The summed E-state index contributed by atoms with van der Waals surface area (Å²) in [5.74, 6) is 1.07. The van der Waals surface area contributed by atoms with Crippen LogP contribution in [0.3, 0.4) is 0 Å². The Morgan fingerprint density at radius 3 is 2.75 bits per heavy atom. The van der Waals surface area contributed by atoms with E-state index in [0.717, 1.165) is 13.0 Å². The molecule has 112 valence electrons. The predicted molar refractivity (Wildman–Crippen MR) is 82.2 cm³/mol. The van der Waals surface area contributed by atoms with Crippen LogP contribution in [0.1, 0.15) is 33.6 Å². The van der Waals surface area contributed by atoms with E-state index < -0.39 is 0 Å². The summed E-state index contributed by atoms with van der Waals surface area (Å²) in [6.45, 7) is 7.20. The number of carbonyl (C=O) groups excluding carboxylic acids is 1. The van der Waals surface area contributed by atoms with E-state index in [9.17, 15) is 4.79 Å². The second-order valence-electron chi connectivity index (χ2n) is 4.72. The summed E-state index contributed by atoms with van der Waals surface area (Å²) in [5, 5.41) is 9.40. The number of halogens is 1. The van der Waals surface area contributed by atoms with Crippen LogP contribution in [0.25, 0.3) is 0 Å². The van der Waals surface area contributed by atoms with Gasteiger partial charge in [-0.15, -0.1) is 0 Å². The van der Waals surface area contributed by atoms with Crippen molar-refractivity contribution in [3.8, 4) is 0 Å². The Morgan fingerprint density at radius 2 is 2.10 bits per heavy atom. The largest absolute Gasteiger partial charge is 0.368 e. The topological polar surface area (TPSA) is 78.9 Å². The minimum absolute atomic E-state index is 0.00186. The highest BCUT2D eigenvalue weighted by Gasteiger charge is 2.07. The van der Waals surface area contributed by atoms with Crippen molar-refractivity contribution < 1.29 is 4.79 Å². The average molecular weight is 300 g/mol. The number of amides is 1. The van der Waals surface area contributed by atoms with Crippen LogP contribution in [-0.2, 0) is 4.79 Å². The second kappa shape index (κ2) is 8.58. The highest BCUT2D eigenvalue weighted by atomic mass is 35.5. The molecule has 1 heterocycles. The lowest BCUT2D eigenvalue weighted by atomic mass is 10.3. The summed E-state index contributed by atoms with van der Waals surface area (Å²) in [6, 6.07) is 0.148. The number of carbonyl (C=O) groups is 1. The van der Waals surface area contributed by atoms with Crippen molar-refractivity contribution in [1.29, 1.82) is 0 Å². The van der Waals surface area contributed by atoms with Crippen LogP contribution in [0.2, 0.25) is 5.02 Å². The standard InChI is InChI=1S/C13H22ClN5O/c1-4-6-16-13-17-8-10(14)12(19-13)15-7-5-11(20)18-9(2)3/h8-9H,4-7H2,1-3H3,(H,18,20)(H2,15,16,17,19). The number of hydrogen-bond acceptors (Lipinski definition) is 5. The lowest BCUT2D eigenvalue weighted by Gasteiger charge is -2.11. The fourth-order valence-electron chi connectivity index (χ4n) is 1.50. The van der Waals surface area contributed by atoms with Crippen LogP contribution in [0, 0.1) is 0 Å². The van der Waals surface area contributed by atoms with E-state index in [-0.39, 0.29) is 11.9 Å². The number of aromatic nitrogens is 2. The SMILES string of the molecule is CCCNc1ncc(Cl)c(NCCC(=O)NC(C)C)n1. The van der Waals surface area contributed by atoms with Gasteiger partial charge in [-0.25, -0.2) is 4.98 Å². The minimum Gasteiger partial charge on any atom is -0.368 e. The van der Waals surface area contributed by atoms with E-state index in [4.69, 9.17) is 11.6 Å². The van der Waals surface area contributed by atoms with Crippen LogP contribution in [0.4, 0.5) is 11.8 Å². The van der Waals surface area contributed by atoms with Crippen molar-refractivity contribution in [2.24, 2.45) is 0 Å². The second-order valence-corrected chi connectivity index (χ2v) is 5.12. The van der Waals surface area contributed by atoms with Crippen LogP contribution in [0.5, 0.6) is 0 Å². The van der Waals surface area contributed by atoms with Crippen molar-refractivity contribution in [2.75, 3.05) is 23.7 Å². The molecule has 1 amide bonds. The van der Waals surface area contributed by atoms with E-state index in [0.29, 0.717) is 29.8 Å². The molecule has 0 fully saturated rings. The van der Waals surface area contributed by atoms with Gasteiger partial charge in [-0.1, -0.05) is 18.5 Å². The molecule has 0 saturated heterocycles. The van der Waals surface area contributed by atoms with Gasteiger partial charge in [0.1, 0.15) is 10.8 Å². The zero-order valence-electron chi connectivity index (χ0n) is 12.2. The third kappa shape index (κ3) is 6.06. The highest BCUT2D eigenvalue weighted by Crippen LogP contribution is 2.19. The first kappa shape index (κ1) is 16.5. The molecule has 1 aromatic heterocycles. The Labute approximate surface area is 124 Å². The molecule has 1 rings (SSSR count). The maximum atomic E-state index is 11.5. The van der Waals surface area contributed by atoms with Gasteiger partial charge in [0.2, 0.25) is 11.9 Å². The van der Waals surface area contributed by atoms with Crippen molar-refractivity contribution in [3.63, 3.8) is 0 Å². The first-order valence-corrected chi connectivity index (χ1v) is 7.20. The Balaban J connectivity index is 2.48. The molecule has 1 aromatic rings. The number of nitrogens with one attached hydrogen (secondary N) is 3. The monoisotopic (exact) mass is 299 g/mol. The third-order valence-electron chi connectivity index (χ3n) is 2.37. The highest BCUT2D eigenvalue weighted by molar-refractivity contribution is 6.32. The number of hydrogen-bond donors (Lipinski definition) is 3. The molecule has 0 aliphatic rings. The Bertz CT molecular complexity index is 439. The first-order valence-electron chi connectivity index (χ1n) is 6.82.